The Hall–Kier alpha value is -3.23. The van der Waals surface area contributed by atoms with E-state index in [-0.39, 0.29) is 17.3 Å². The largest absolute Gasteiger partial charge is 0.462 e. The highest BCUT2D eigenvalue weighted by Crippen LogP contribution is 2.31. The van der Waals surface area contributed by atoms with Crippen LogP contribution in [0.5, 0.6) is 0 Å². The topological polar surface area (TPSA) is 119 Å². The monoisotopic (exact) mass is 345 g/mol. The quantitative estimate of drug-likeness (QED) is 0.425. The van der Waals surface area contributed by atoms with Crippen molar-refractivity contribution in [3.63, 3.8) is 0 Å². The highest BCUT2D eigenvalue weighted by molar-refractivity contribution is 5.90. The van der Waals surface area contributed by atoms with Crippen molar-refractivity contribution in [2.45, 2.75) is 20.3 Å². The van der Waals surface area contributed by atoms with Gasteiger partial charge >= 0.3 is 11.7 Å². The summed E-state index contributed by atoms with van der Waals surface area (Å²) in [5, 5.41) is 17.2. The standard InChI is InChI=1S/C16H19N5O4/c1-3-9-17-14-13(21(23)24)15(19-10-18-14)20-12-7-5-11(6-8-12)16(22)25-4-2/h5-8,10H,3-4,9H2,1-2H3,(H2,17,18,19,20). The molecule has 0 aliphatic heterocycles. The molecule has 9 heteroatoms. The molecule has 9 nitrogen and oxygen atoms in total. The third-order valence-corrected chi connectivity index (χ3v) is 3.21. The second kappa shape index (κ2) is 8.57. The van der Waals surface area contributed by atoms with Gasteiger partial charge in [0.15, 0.2) is 0 Å². The van der Waals surface area contributed by atoms with Crippen molar-refractivity contribution in [1.82, 2.24) is 9.97 Å². The van der Waals surface area contributed by atoms with E-state index in [1.54, 1.807) is 31.2 Å². The molecule has 25 heavy (non-hydrogen) atoms. The maximum absolute atomic E-state index is 11.6. The van der Waals surface area contributed by atoms with Crippen LogP contribution in [0.2, 0.25) is 0 Å². The summed E-state index contributed by atoms with van der Waals surface area (Å²) in [6.45, 7) is 4.53. The number of nitrogens with zero attached hydrogens (tertiary/aromatic N) is 3. The van der Waals surface area contributed by atoms with E-state index in [9.17, 15) is 14.9 Å². The minimum Gasteiger partial charge on any atom is -0.462 e. The number of hydrogen-bond donors (Lipinski definition) is 2. The first-order valence-electron chi connectivity index (χ1n) is 7.84. The van der Waals surface area contributed by atoms with Crippen LogP contribution >= 0.6 is 0 Å². The average molecular weight is 345 g/mol. The number of esters is 1. The van der Waals surface area contributed by atoms with E-state index >= 15 is 0 Å². The normalized spacial score (nSPS) is 10.2. The molecule has 0 atom stereocenters. The number of benzene rings is 1. The Morgan fingerprint density at radius 2 is 1.88 bits per heavy atom. The zero-order chi connectivity index (χ0) is 18.2. The first kappa shape index (κ1) is 18.1. The fourth-order valence-electron chi connectivity index (χ4n) is 2.06. The van der Waals surface area contributed by atoms with E-state index in [2.05, 4.69) is 20.6 Å². The number of carbonyl (C=O) groups is 1. The van der Waals surface area contributed by atoms with Gasteiger partial charge in [-0.3, -0.25) is 10.1 Å². The number of ether oxygens (including phenoxy) is 1. The number of nitro groups is 1. The molecule has 0 aliphatic rings. The van der Waals surface area contributed by atoms with Crippen LogP contribution in [0, 0.1) is 10.1 Å². The Bertz CT molecular complexity index is 749. The van der Waals surface area contributed by atoms with Crippen LogP contribution < -0.4 is 10.6 Å². The minimum absolute atomic E-state index is 0.0717. The molecule has 0 unspecified atom stereocenters. The van der Waals surface area contributed by atoms with Gasteiger partial charge in [-0.05, 0) is 37.6 Å². The van der Waals surface area contributed by atoms with Crippen LogP contribution in [-0.4, -0.2) is 34.0 Å². The number of anilines is 3. The summed E-state index contributed by atoms with van der Waals surface area (Å²) < 4.78 is 4.91. The summed E-state index contributed by atoms with van der Waals surface area (Å²) in [5.41, 5.74) is 0.719. The summed E-state index contributed by atoms with van der Waals surface area (Å²) in [6, 6.07) is 6.39. The van der Waals surface area contributed by atoms with E-state index in [0.717, 1.165) is 6.42 Å². The predicted molar refractivity (Wildman–Crippen MR) is 93.1 cm³/mol. The van der Waals surface area contributed by atoms with Gasteiger partial charge in [0, 0.05) is 12.2 Å². The van der Waals surface area contributed by atoms with Gasteiger partial charge in [0.2, 0.25) is 11.6 Å². The zero-order valence-corrected chi connectivity index (χ0v) is 14.0. The lowest BCUT2D eigenvalue weighted by atomic mass is 10.2. The molecule has 0 saturated heterocycles. The molecule has 0 fully saturated rings. The highest BCUT2D eigenvalue weighted by atomic mass is 16.6. The summed E-state index contributed by atoms with van der Waals surface area (Å²) in [7, 11) is 0. The van der Waals surface area contributed by atoms with Gasteiger partial charge in [-0.25, -0.2) is 14.8 Å². The molecular formula is C16H19N5O4. The lowest BCUT2D eigenvalue weighted by Crippen LogP contribution is -2.09. The first-order valence-corrected chi connectivity index (χ1v) is 7.84. The molecule has 2 aromatic rings. The Kier molecular flexibility index (Phi) is 6.21. The second-order valence-electron chi connectivity index (χ2n) is 5.03. The van der Waals surface area contributed by atoms with Crippen LogP contribution in [0.4, 0.5) is 23.0 Å². The second-order valence-corrected chi connectivity index (χ2v) is 5.03. The van der Waals surface area contributed by atoms with E-state index in [4.69, 9.17) is 4.74 Å². The van der Waals surface area contributed by atoms with Crippen LogP contribution in [0.3, 0.4) is 0 Å². The predicted octanol–water partition coefficient (Wildman–Crippen LogP) is 3.13. The van der Waals surface area contributed by atoms with E-state index in [1.807, 2.05) is 6.92 Å². The molecule has 0 saturated carbocycles. The molecule has 2 rings (SSSR count). The van der Waals surface area contributed by atoms with Gasteiger partial charge in [0.25, 0.3) is 0 Å². The van der Waals surface area contributed by atoms with Crippen molar-refractivity contribution < 1.29 is 14.5 Å². The van der Waals surface area contributed by atoms with E-state index in [0.29, 0.717) is 24.4 Å². The van der Waals surface area contributed by atoms with Crippen LogP contribution in [0.1, 0.15) is 30.6 Å². The summed E-state index contributed by atoms with van der Waals surface area (Å²) in [6.07, 6.45) is 2.06. The Labute approximate surface area is 144 Å². The third kappa shape index (κ3) is 4.63. The average Bonchev–Trinajstić information content (AvgIpc) is 2.60. The van der Waals surface area contributed by atoms with Crippen molar-refractivity contribution in [2.24, 2.45) is 0 Å². The molecule has 2 N–H and O–H groups in total. The zero-order valence-electron chi connectivity index (χ0n) is 14.0. The van der Waals surface area contributed by atoms with E-state index < -0.39 is 10.9 Å². The molecule has 0 bridgehead atoms. The fraction of sp³-hybridized carbons (Fsp3) is 0.312. The van der Waals surface area contributed by atoms with Crippen molar-refractivity contribution in [3.8, 4) is 0 Å². The van der Waals surface area contributed by atoms with Crippen LogP contribution in [-0.2, 0) is 4.74 Å². The van der Waals surface area contributed by atoms with Gasteiger partial charge in [0.1, 0.15) is 6.33 Å². The van der Waals surface area contributed by atoms with Crippen molar-refractivity contribution in [2.75, 3.05) is 23.8 Å². The molecule has 0 spiro atoms. The molecule has 1 aromatic carbocycles. The first-order chi connectivity index (χ1) is 12.1. The molecule has 0 radical (unpaired) electrons. The maximum Gasteiger partial charge on any atom is 0.353 e. The summed E-state index contributed by atoms with van der Waals surface area (Å²) in [4.78, 5) is 30.4. The van der Waals surface area contributed by atoms with Crippen LogP contribution in [0.15, 0.2) is 30.6 Å². The third-order valence-electron chi connectivity index (χ3n) is 3.21. The minimum atomic E-state index is -0.534. The highest BCUT2D eigenvalue weighted by Gasteiger charge is 2.22. The van der Waals surface area contributed by atoms with Gasteiger partial charge in [0.05, 0.1) is 17.1 Å². The maximum atomic E-state index is 11.6. The SMILES string of the molecule is CCCNc1ncnc(Nc2ccc(C(=O)OCC)cc2)c1[N+](=O)[O-]. The Morgan fingerprint density at radius 1 is 1.20 bits per heavy atom. The van der Waals surface area contributed by atoms with Gasteiger partial charge < -0.3 is 15.4 Å². The number of carbonyl (C=O) groups excluding carboxylic acids is 1. The van der Waals surface area contributed by atoms with Gasteiger partial charge in [-0.1, -0.05) is 6.92 Å². The van der Waals surface area contributed by atoms with Gasteiger partial charge in [-0.15, -0.1) is 0 Å². The molecule has 1 heterocycles. The lowest BCUT2D eigenvalue weighted by molar-refractivity contribution is -0.383. The molecule has 1 aromatic heterocycles. The molecule has 132 valence electrons. The number of rotatable bonds is 8. The van der Waals surface area contributed by atoms with Crippen LogP contribution in [0.25, 0.3) is 0 Å². The summed E-state index contributed by atoms with van der Waals surface area (Å²) in [5.74, 6) is -0.192. The van der Waals surface area contributed by atoms with Crippen molar-refractivity contribution in [3.05, 3.63) is 46.3 Å². The lowest BCUT2D eigenvalue weighted by Gasteiger charge is -2.10. The number of nitrogens with one attached hydrogen (secondary N) is 2. The van der Waals surface area contributed by atoms with Crippen molar-refractivity contribution in [1.29, 1.82) is 0 Å². The van der Waals surface area contributed by atoms with Crippen molar-refractivity contribution >= 4 is 29.0 Å². The van der Waals surface area contributed by atoms with E-state index in [1.165, 1.54) is 6.33 Å². The number of aromatic nitrogens is 2. The fourth-order valence-corrected chi connectivity index (χ4v) is 2.06. The Balaban J connectivity index is 2.24. The molecule has 0 aliphatic carbocycles. The summed E-state index contributed by atoms with van der Waals surface area (Å²) >= 11 is 0. The Morgan fingerprint density at radius 3 is 2.48 bits per heavy atom. The molecular weight excluding hydrogens is 326 g/mol. The molecule has 0 amide bonds. The number of hydrogen-bond acceptors (Lipinski definition) is 8. The van der Waals surface area contributed by atoms with Gasteiger partial charge in [-0.2, -0.15) is 0 Å². The smallest absolute Gasteiger partial charge is 0.353 e.